The lowest BCUT2D eigenvalue weighted by Gasteiger charge is -2.18. The van der Waals surface area contributed by atoms with Gasteiger partial charge in [-0.05, 0) is 77.0 Å². The number of allylic oxidation sites excluding steroid dienone is 10. The number of hydrogen-bond acceptors (Lipinski definition) is 8. The smallest absolute Gasteiger partial charge is 0.472 e. The molecule has 328 valence electrons. The van der Waals surface area contributed by atoms with Gasteiger partial charge >= 0.3 is 19.8 Å². The van der Waals surface area contributed by atoms with Crippen molar-refractivity contribution in [1.29, 1.82) is 0 Å². The van der Waals surface area contributed by atoms with Crippen LogP contribution < -0.4 is 5.32 Å². The van der Waals surface area contributed by atoms with Crippen LogP contribution in [0.3, 0.4) is 0 Å². The molecule has 11 nitrogen and oxygen atoms in total. The summed E-state index contributed by atoms with van der Waals surface area (Å²) in [6.07, 6.45) is 45.2. The number of phosphoric acid groups is 1. The van der Waals surface area contributed by atoms with Gasteiger partial charge in [-0.15, -0.1) is 0 Å². The first-order valence-corrected chi connectivity index (χ1v) is 23.3. The van der Waals surface area contributed by atoms with E-state index in [1.54, 1.807) is 0 Å². The fourth-order valence-corrected chi connectivity index (χ4v) is 6.43. The Morgan fingerprint density at radius 1 is 0.579 bits per heavy atom. The van der Waals surface area contributed by atoms with Gasteiger partial charge in [0.25, 0.3) is 0 Å². The van der Waals surface area contributed by atoms with Crippen LogP contribution in [-0.4, -0.2) is 64.9 Å². The second-order valence-electron chi connectivity index (χ2n) is 14.5. The van der Waals surface area contributed by atoms with Gasteiger partial charge in [-0.1, -0.05) is 145 Å². The summed E-state index contributed by atoms with van der Waals surface area (Å²) in [6.45, 7) is 2.44. The van der Waals surface area contributed by atoms with Crippen LogP contribution in [0.15, 0.2) is 60.8 Å². The Labute approximate surface area is 345 Å². The van der Waals surface area contributed by atoms with Gasteiger partial charge in [0, 0.05) is 12.8 Å². The third-order valence-electron chi connectivity index (χ3n) is 9.04. The summed E-state index contributed by atoms with van der Waals surface area (Å²) >= 11 is 0. The average Bonchev–Trinajstić information content (AvgIpc) is 3.18. The molecule has 3 atom stereocenters. The Hall–Kier alpha value is -2.82. The van der Waals surface area contributed by atoms with E-state index in [0.717, 1.165) is 96.3 Å². The highest BCUT2D eigenvalue weighted by Crippen LogP contribution is 2.43. The predicted octanol–water partition coefficient (Wildman–Crippen LogP) is 11.2. The lowest BCUT2D eigenvalue weighted by Crippen LogP contribution is -2.43. The van der Waals surface area contributed by atoms with Gasteiger partial charge in [-0.3, -0.25) is 18.6 Å². The molecule has 0 fully saturated rings. The van der Waals surface area contributed by atoms with E-state index in [4.69, 9.17) is 13.8 Å². The summed E-state index contributed by atoms with van der Waals surface area (Å²) < 4.78 is 26.8. The molecule has 0 aliphatic rings. The maximum atomic E-state index is 12.3. The molecule has 0 aliphatic carbocycles. The highest BCUT2D eigenvalue weighted by Gasteiger charge is 2.28. The number of carboxylic acids is 1. The molecule has 0 rings (SSSR count). The van der Waals surface area contributed by atoms with Gasteiger partial charge < -0.3 is 25.2 Å². The monoisotopic (exact) mass is 824 g/mol. The predicted molar refractivity (Wildman–Crippen MR) is 231 cm³/mol. The average molecular weight is 824 g/mol. The number of aliphatic carboxylic acids is 1. The first-order valence-electron chi connectivity index (χ1n) is 21.8. The molecule has 0 heterocycles. The molecule has 0 aromatic heterocycles. The van der Waals surface area contributed by atoms with Crippen molar-refractivity contribution in [1.82, 2.24) is 5.32 Å². The summed E-state index contributed by atoms with van der Waals surface area (Å²) in [5.41, 5.74) is 0. The van der Waals surface area contributed by atoms with Crippen molar-refractivity contribution in [2.75, 3.05) is 19.8 Å². The molecule has 0 bridgehead atoms. The zero-order valence-electron chi connectivity index (χ0n) is 35.4. The Balaban J connectivity index is 3.94. The quantitative estimate of drug-likeness (QED) is 0.0202. The first kappa shape index (κ1) is 54.2. The summed E-state index contributed by atoms with van der Waals surface area (Å²) in [4.78, 5) is 45.9. The topological polar surface area (TPSA) is 169 Å². The van der Waals surface area contributed by atoms with Crippen molar-refractivity contribution in [3.05, 3.63) is 60.8 Å². The minimum atomic E-state index is -4.76. The van der Waals surface area contributed by atoms with Crippen molar-refractivity contribution in [2.24, 2.45) is 0 Å². The van der Waals surface area contributed by atoms with Gasteiger partial charge in [0.05, 0.1) is 13.2 Å². The standard InChI is InChI=1S/C45H78NO10P/c1-3-5-7-9-11-13-15-17-19-21-23-25-27-29-31-33-35-37-44(49)54-38-41(47)39-55-57(52,53)56-40-42(45(50)51)46-43(48)36-34-32-30-28-26-24-22-20-18-16-14-12-10-8-6-4-2/h5,7,11,13-14,16-17,19-20,22,41-42,47H,3-4,6,8-10,12,15,18,21,23-40H2,1-2H3,(H,46,48)(H,50,51)(H,52,53)/b7-5-,13-11-,16-14-,19-17-,22-20-. The first-order chi connectivity index (χ1) is 27.6. The largest absolute Gasteiger partial charge is 0.480 e. The molecule has 0 aromatic rings. The van der Waals surface area contributed by atoms with Crippen molar-refractivity contribution in [2.45, 2.75) is 187 Å². The Kier molecular flexibility index (Phi) is 38.0. The number of nitrogens with one attached hydrogen (secondary N) is 1. The molecule has 4 N–H and O–H groups in total. The number of carbonyl (C=O) groups is 3. The number of carbonyl (C=O) groups excluding carboxylic acids is 2. The van der Waals surface area contributed by atoms with Crippen molar-refractivity contribution < 1.29 is 47.8 Å². The number of ether oxygens (including phenoxy) is 1. The van der Waals surface area contributed by atoms with E-state index < -0.39 is 57.6 Å². The lowest BCUT2D eigenvalue weighted by molar-refractivity contribution is -0.147. The van der Waals surface area contributed by atoms with Crippen molar-refractivity contribution in [3.63, 3.8) is 0 Å². The van der Waals surface area contributed by atoms with E-state index in [1.165, 1.54) is 38.5 Å². The molecule has 12 heteroatoms. The summed E-state index contributed by atoms with van der Waals surface area (Å²) in [6, 6.07) is -1.56. The molecular formula is C45H78NO10P. The minimum Gasteiger partial charge on any atom is -0.480 e. The van der Waals surface area contributed by atoms with Gasteiger partial charge in [0.1, 0.15) is 12.7 Å². The number of phosphoric ester groups is 1. The van der Waals surface area contributed by atoms with Crippen LogP contribution in [-0.2, 0) is 32.7 Å². The van der Waals surface area contributed by atoms with E-state index in [0.29, 0.717) is 12.8 Å². The van der Waals surface area contributed by atoms with Crippen LogP contribution in [0, 0.1) is 0 Å². The molecule has 0 aromatic carbocycles. The molecule has 0 aliphatic heterocycles. The number of carboxylic acid groups (broad SMARTS) is 1. The van der Waals surface area contributed by atoms with Crippen LogP contribution in [0.25, 0.3) is 0 Å². The van der Waals surface area contributed by atoms with Gasteiger partial charge in [0.15, 0.2) is 6.04 Å². The van der Waals surface area contributed by atoms with Crippen molar-refractivity contribution in [3.8, 4) is 0 Å². The fraction of sp³-hybridized carbons (Fsp3) is 0.711. The molecule has 3 unspecified atom stereocenters. The van der Waals surface area contributed by atoms with E-state index in [9.17, 15) is 34.1 Å². The normalized spacial score (nSPS) is 14.3. The molecular weight excluding hydrogens is 745 g/mol. The van der Waals surface area contributed by atoms with Crippen LogP contribution in [0.5, 0.6) is 0 Å². The molecule has 0 saturated carbocycles. The summed E-state index contributed by atoms with van der Waals surface area (Å²) in [7, 11) is -4.76. The molecule has 0 saturated heterocycles. The zero-order valence-corrected chi connectivity index (χ0v) is 36.3. The SMILES string of the molecule is CC/C=C\C/C=C\C/C=C\CCCCCCCCCC(=O)OCC(O)COP(=O)(O)OCC(NC(=O)CCCCCCC/C=C\C/C=C\CCCCCC)C(=O)O. The van der Waals surface area contributed by atoms with Gasteiger partial charge in [0.2, 0.25) is 5.91 Å². The summed E-state index contributed by atoms with van der Waals surface area (Å²) in [5, 5.41) is 21.8. The van der Waals surface area contributed by atoms with E-state index in [-0.39, 0.29) is 12.8 Å². The van der Waals surface area contributed by atoms with Crippen LogP contribution in [0.4, 0.5) is 0 Å². The second-order valence-corrected chi connectivity index (χ2v) is 16.0. The number of aliphatic hydroxyl groups excluding tert-OH is 1. The maximum Gasteiger partial charge on any atom is 0.472 e. The second kappa shape index (κ2) is 40.0. The zero-order chi connectivity index (χ0) is 42.1. The Morgan fingerprint density at radius 3 is 1.53 bits per heavy atom. The third-order valence-corrected chi connectivity index (χ3v) is 9.99. The highest BCUT2D eigenvalue weighted by atomic mass is 31.2. The number of unbranched alkanes of at least 4 members (excludes halogenated alkanes) is 16. The number of amides is 1. The van der Waals surface area contributed by atoms with Gasteiger partial charge in [-0.2, -0.15) is 0 Å². The number of aliphatic hydroxyl groups is 1. The van der Waals surface area contributed by atoms with Gasteiger partial charge in [-0.25, -0.2) is 9.36 Å². The molecule has 57 heavy (non-hydrogen) atoms. The van der Waals surface area contributed by atoms with Crippen molar-refractivity contribution >= 4 is 25.7 Å². The van der Waals surface area contributed by atoms with Crippen LogP contribution in [0.2, 0.25) is 0 Å². The number of rotatable bonds is 40. The minimum absolute atomic E-state index is 0.127. The summed E-state index contributed by atoms with van der Waals surface area (Å²) in [5.74, 6) is -2.41. The third kappa shape index (κ3) is 39.8. The number of hydrogen-bond donors (Lipinski definition) is 4. The Bertz CT molecular complexity index is 1200. The lowest BCUT2D eigenvalue weighted by atomic mass is 10.1. The molecule has 0 spiro atoms. The van der Waals surface area contributed by atoms with E-state index >= 15 is 0 Å². The van der Waals surface area contributed by atoms with E-state index in [1.807, 2.05) is 0 Å². The van der Waals surface area contributed by atoms with Crippen LogP contribution in [0.1, 0.15) is 174 Å². The molecule has 0 radical (unpaired) electrons. The Morgan fingerprint density at radius 2 is 1.02 bits per heavy atom. The highest BCUT2D eigenvalue weighted by molar-refractivity contribution is 7.47. The van der Waals surface area contributed by atoms with Crippen LogP contribution >= 0.6 is 7.82 Å². The van der Waals surface area contributed by atoms with E-state index in [2.05, 4.69) is 79.9 Å². The fourth-order valence-electron chi connectivity index (χ4n) is 5.65. The maximum absolute atomic E-state index is 12.3. The number of esters is 1. The molecule has 1 amide bonds.